The lowest BCUT2D eigenvalue weighted by molar-refractivity contribution is -0.141. The van der Waals surface area contributed by atoms with E-state index in [4.69, 9.17) is 9.26 Å². The number of rotatable bonds is 7. The van der Waals surface area contributed by atoms with E-state index in [0.717, 1.165) is 22.3 Å². The minimum Gasteiger partial charge on any atom is -0.457 e. The first-order chi connectivity index (χ1) is 15.0. The van der Waals surface area contributed by atoms with E-state index >= 15 is 0 Å². The van der Waals surface area contributed by atoms with E-state index in [2.05, 4.69) is 28.8 Å². The van der Waals surface area contributed by atoms with Gasteiger partial charge in [-0.15, -0.1) is 0 Å². The van der Waals surface area contributed by atoms with Crippen LogP contribution in [0.25, 0.3) is 11.0 Å². The second-order valence-corrected chi connectivity index (χ2v) is 7.63. The largest absolute Gasteiger partial charge is 0.457 e. The first-order valence-electron chi connectivity index (χ1n) is 10.2. The lowest BCUT2D eigenvalue weighted by atomic mass is 10.1. The number of carbonyl (C=O) groups excluding carboxylic acids is 2. The molecule has 4 rings (SSSR count). The minimum atomic E-state index is -0.515. The Morgan fingerprint density at radius 3 is 2.55 bits per heavy atom. The number of hydrogen-bond donors (Lipinski definition) is 0. The molecule has 158 valence electrons. The van der Waals surface area contributed by atoms with Crippen LogP contribution in [0.2, 0.25) is 0 Å². The fourth-order valence-electron chi connectivity index (χ4n) is 4.01. The van der Waals surface area contributed by atoms with Crippen LogP contribution in [0, 0.1) is 13.8 Å². The molecule has 2 heterocycles. The topological polar surface area (TPSA) is 74.3 Å². The van der Waals surface area contributed by atoms with Crippen molar-refractivity contribution in [1.82, 2.24) is 9.72 Å². The molecule has 0 unspecified atom stereocenters. The molecule has 0 amide bonds. The molecule has 0 N–H and O–H groups in total. The van der Waals surface area contributed by atoms with Crippen LogP contribution < -0.4 is 0 Å². The molecule has 31 heavy (non-hydrogen) atoms. The molecule has 6 heteroatoms. The summed E-state index contributed by atoms with van der Waals surface area (Å²) >= 11 is 0. The number of carbonyl (C=O) groups is 2. The molecule has 0 saturated heterocycles. The summed E-state index contributed by atoms with van der Waals surface area (Å²) in [5.74, 6) is -0.739. The average molecular weight is 416 g/mol. The summed E-state index contributed by atoms with van der Waals surface area (Å²) in [4.78, 5) is 25.1. The summed E-state index contributed by atoms with van der Waals surface area (Å²) in [6, 6.07) is 19.4. The predicted octanol–water partition coefficient (Wildman–Crippen LogP) is 4.82. The molecule has 0 fully saturated rings. The Balaban J connectivity index is 1.43. The van der Waals surface area contributed by atoms with Crippen molar-refractivity contribution in [3.05, 3.63) is 88.9 Å². The second-order valence-electron chi connectivity index (χ2n) is 7.63. The monoisotopic (exact) mass is 416 g/mol. The predicted molar refractivity (Wildman–Crippen MR) is 117 cm³/mol. The molecule has 0 radical (unpaired) electrons. The van der Waals surface area contributed by atoms with Crippen molar-refractivity contribution in [3.63, 3.8) is 0 Å². The maximum Gasteiger partial charge on any atom is 0.312 e. The van der Waals surface area contributed by atoms with Crippen LogP contribution in [0.15, 0.2) is 65.2 Å². The third-order valence-corrected chi connectivity index (χ3v) is 5.58. The number of para-hydroxylation sites is 1. The first-order valence-corrected chi connectivity index (χ1v) is 10.2. The van der Waals surface area contributed by atoms with E-state index in [-0.39, 0.29) is 24.9 Å². The van der Waals surface area contributed by atoms with Crippen molar-refractivity contribution in [3.8, 4) is 0 Å². The zero-order valence-corrected chi connectivity index (χ0v) is 17.8. The Morgan fingerprint density at radius 1 is 1.06 bits per heavy atom. The van der Waals surface area contributed by atoms with Gasteiger partial charge in [-0.2, -0.15) is 0 Å². The van der Waals surface area contributed by atoms with Gasteiger partial charge in [0.25, 0.3) is 0 Å². The molecule has 0 bridgehead atoms. The highest BCUT2D eigenvalue weighted by Gasteiger charge is 2.21. The smallest absolute Gasteiger partial charge is 0.312 e. The highest BCUT2D eigenvalue weighted by Crippen LogP contribution is 2.26. The van der Waals surface area contributed by atoms with Gasteiger partial charge in [-0.25, -0.2) is 0 Å². The van der Waals surface area contributed by atoms with Crippen molar-refractivity contribution >= 4 is 22.7 Å². The van der Waals surface area contributed by atoms with Gasteiger partial charge in [-0.1, -0.05) is 47.6 Å². The maximum absolute atomic E-state index is 12.8. The Morgan fingerprint density at radius 2 is 1.77 bits per heavy atom. The van der Waals surface area contributed by atoms with E-state index in [0.29, 0.717) is 16.8 Å². The number of esters is 1. The Bertz CT molecular complexity index is 1240. The van der Waals surface area contributed by atoms with E-state index in [9.17, 15) is 9.59 Å². The van der Waals surface area contributed by atoms with E-state index in [1.165, 1.54) is 0 Å². The fourth-order valence-corrected chi connectivity index (χ4v) is 4.01. The van der Waals surface area contributed by atoms with Gasteiger partial charge in [0.1, 0.15) is 5.69 Å². The van der Waals surface area contributed by atoms with Crippen LogP contribution in [0.1, 0.15) is 46.0 Å². The van der Waals surface area contributed by atoms with Gasteiger partial charge in [0.2, 0.25) is 5.78 Å². The Hall–Kier alpha value is -3.67. The molecule has 2 aromatic carbocycles. The van der Waals surface area contributed by atoms with Crippen molar-refractivity contribution in [2.24, 2.45) is 0 Å². The first kappa shape index (κ1) is 20.6. The summed E-state index contributed by atoms with van der Waals surface area (Å²) < 4.78 is 12.6. The highest BCUT2D eigenvalue weighted by molar-refractivity contribution is 5.99. The van der Waals surface area contributed by atoms with Gasteiger partial charge in [0.05, 0.1) is 12.5 Å². The Kier molecular flexibility index (Phi) is 5.71. The van der Waals surface area contributed by atoms with Gasteiger partial charge in [0, 0.05) is 22.3 Å². The van der Waals surface area contributed by atoms with Gasteiger partial charge in [-0.3, -0.25) is 9.59 Å². The molecule has 2 aromatic heterocycles. The van der Waals surface area contributed by atoms with E-state index in [1.54, 1.807) is 6.07 Å². The number of fused-ring (bicyclic) bond motifs is 1. The molecule has 0 aliphatic carbocycles. The third kappa shape index (κ3) is 4.14. The van der Waals surface area contributed by atoms with Crippen LogP contribution in [0.3, 0.4) is 0 Å². The van der Waals surface area contributed by atoms with Crippen molar-refractivity contribution in [1.29, 1.82) is 0 Å². The van der Waals surface area contributed by atoms with Crippen molar-refractivity contribution < 1.29 is 18.8 Å². The average Bonchev–Trinajstić information content (AvgIpc) is 3.32. The molecule has 0 spiro atoms. The number of ketones is 1. The number of benzene rings is 2. The highest BCUT2D eigenvalue weighted by atomic mass is 16.5. The van der Waals surface area contributed by atoms with Gasteiger partial charge in [0.15, 0.2) is 12.2 Å². The summed E-state index contributed by atoms with van der Waals surface area (Å²) in [5, 5.41) is 4.70. The summed E-state index contributed by atoms with van der Waals surface area (Å²) in [7, 11) is 0. The molecule has 0 aliphatic heterocycles. The van der Waals surface area contributed by atoms with Gasteiger partial charge < -0.3 is 13.8 Å². The number of aromatic nitrogens is 2. The van der Waals surface area contributed by atoms with E-state index < -0.39 is 5.97 Å². The number of hydrogen-bond acceptors (Lipinski definition) is 5. The van der Waals surface area contributed by atoms with E-state index in [1.807, 2.05) is 56.3 Å². The maximum atomic E-state index is 12.8. The summed E-state index contributed by atoms with van der Waals surface area (Å²) in [5.41, 5.74) is 4.69. The van der Waals surface area contributed by atoms with Crippen LogP contribution in [-0.2, 0) is 16.0 Å². The van der Waals surface area contributed by atoms with Crippen LogP contribution in [-0.4, -0.2) is 28.1 Å². The third-order valence-electron chi connectivity index (χ3n) is 5.58. The lowest BCUT2D eigenvalue weighted by Crippen LogP contribution is -2.17. The molecule has 4 aromatic rings. The zero-order valence-electron chi connectivity index (χ0n) is 17.8. The standard InChI is InChI=1S/C25H24N2O4/c1-16-13-21(18(3)27(16)17(2)19-9-5-4-6-10-19)23(28)15-30-25(29)14-22-20-11-7-8-12-24(20)31-26-22/h4-13,17H,14-15H2,1-3H3/t17-/m0/s1. The molecule has 1 atom stereocenters. The minimum absolute atomic E-state index is 0.0473. The quantitative estimate of drug-likeness (QED) is 0.319. The number of ether oxygens (including phenoxy) is 1. The van der Waals surface area contributed by atoms with Crippen molar-refractivity contribution in [2.45, 2.75) is 33.2 Å². The molecular formula is C25H24N2O4. The number of Topliss-reactive ketones (excluding diaryl/α,β-unsaturated/α-hetero) is 1. The molecular weight excluding hydrogens is 392 g/mol. The molecule has 0 aliphatic rings. The lowest BCUT2D eigenvalue weighted by Gasteiger charge is -2.19. The van der Waals surface area contributed by atoms with Crippen LogP contribution in [0.5, 0.6) is 0 Å². The molecule has 0 saturated carbocycles. The SMILES string of the molecule is Cc1cc(C(=O)COC(=O)Cc2noc3ccccc23)c(C)n1[C@@H](C)c1ccccc1. The van der Waals surface area contributed by atoms with Crippen LogP contribution >= 0.6 is 0 Å². The summed E-state index contributed by atoms with van der Waals surface area (Å²) in [6.07, 6.45) is -0.0473. The van der Waals surface area contributed by atoms with Crippen LogP contribution in [0.4, 0.5) is 0 Å². The Labute approximate surface area is 180 Å². The number of aryl methyl sites for hydroxylation is 1. The molecule has 6 nitrogen and oxygen atoms in total. The second kappa shape index (κ2) is 8.60. The number of nitrogens with zero attached hydrogens (tertiary/aromatic N) is 2. The zero-order chi connectivity index (χ0) is 22.0. The normalized spacial score (nSPS) is 12.1. The fraction of sp³-hybridized carbons (Fsp3) is 0.240. The summed E-state index contributed by atoms with van der Waals surface area (Å²) in [6.45, 7) is 5.69. The van der Waals surface area contributed by atoms with Gasteiger partial charge >= 0.3 is 5.97 Å². The van der Waals surface area contributed by atoms with Gasteiger partial charge in [-0.05, 0) is 44.5 Å². The van der Waals surface area contributed by atoms with Crippen molar-refractivity contribution in [2.75, 3.05) is 6.61 Å².